The zero-order valence-electron chi connectivity index (χ0n) is 7.42. The molecule has 0 radical (unpaired) electrons. The van der Waals surface area contributed by atoms with Crippen LogP contribution >= 0.6 is 23.2 Å². The Morgan fingerprint density at radius 2 is 2.07 bits per heavy atom. The van der Waals surface area contributed by atoms with Gasteiger partial charge in [-0.15, -0.1) is 0 Å². The quantitative estimate of drug-likeness (QED) is 0.738. The van der Waals surface area contributed by atoms with Crippen LogP contribution < -0.4 is 0 Å². The average Bonchev–Trinajstić information content (AvgIpc) is 2.51. The highest BCUT2D eigenvalue weighted by Crippen LogP contribution is 2.29. The molecule has 1 aromatic carbocycles. The summed E-state index contributed by atoms with van der Waals surface area (Å²) in [6.07, 6.45) is 1.57. The van der Waals surface area contributed by atoms with E-state index in [-0.39, 0.29) is 0 Å². The summed E-state index contributed by atoms with van der Waals surface area (Å²) in [5.74, 6) is 0.617. The number of aromatic nitrogens is 1. The van der Waals surface area contributed by atoms with Gasteiger partial charge >= 0.3 is 0 Å². The van der Waals surface area contributed by atoms with Gasteiger partial charge in [-0.25, -0.2) is 4.98 Å². The summed E-state index contributed by atoms with van der Waals surface area (Å²) in [4.78, 5) is 4.18. The van der Waals surface area contributed by atoms with Crippen LogP contribution in [0.4, 0.5) is 0 Å². The van der Waals surface area contributed by atoms with Gasteiger partial charge < -0.3 is 4.42 Å². The fourth-order valence-electron chi connectivity index (χ4n) is 1.18. The van der Waals surface area contributed by atoms with Crippen LogP contribution in [0.3, 0.4) is 0 Å². The van der Waals surface area contributed by atoms with Gasteiger partial charge in [0, 0.05) is 17.5 Å². The Labute approximate surface area is 91.5 Å². The zero-order chi connectivity index (χ0) is 10.1. The van der Waals surface area contributed by atoms with E-state index in [1.54, 1.807) is 25.3 Å². The van der Waals surface area contributed by atoms with Crippen LogP contribution in [0.1, 0.15) is 5.89 Å². The molecule has 0 bridgehead atoms. The van der Waals surface area contributed by atoms with Crippen LogP contribution in [0.15, 0.2) is 28.9 Å². The zero-order valence-corrected chi connectivity index (χ0v) is 8.93. The summed E-state index contributed by atoms with van der Waals surface area (Å²) >= 11 is 11.8. The van der Waals surface area contributed by atoms with Gasteiger partial charge in [-0.1, -0.05) is 23.2 Å². The van der Waals surface area contributed by atoms with Crippen molar-refractivity contribution in [3.8, 4) is 11.3 Å². The van der Waals surface area contributed by atoms with Crippen molar-refractivity contribution in [3.63, 3.8) is 0 Å². The molecule has 0 saturated heterocycles. The van der Waals surface area contributed by atoms with Gasteiger partial charge in [-0.3, -0.25) is 0 Å². The van der Waals surface area contributed by atoms with E-state index in [4.69, 9.17) is 27.6 Å². The van der Waals surface area contributed by atoms with E-state index >= 15 is 0 Å². The molecule has 14 heavy (non-hydrogen) atoms. The third-order valence-corrected chi connectivity index (χ3v) is 2.37. The van der Waals surface area contributed by atoms with Gasteiger partial charge in [0.05, 0.1) is 5.02 Å². The second-order valence-electron chi connectivity index (χ2n) is 2.88. The molecule has 1 heterocycles. The van der Waals surface area contributed by atoms with Crippen LogP contribution in [0.25, 0.3) is 11.3 Å². The highest BCUT2D eigenvalue weighted by atomic mass is 35.5. The van der Waals surface area contributed by atoms with E-state index in [1.807, 2.05) is 6.07 Å². The smallest absolute Gasteiger partial charge is 0.191 e. The van der Waals surface area contributed by atoms with E-state index in [2.05, 4.69) is 4.98 Å². The summed E-state index contributed by atoms with van der Waals surface area (Å²) in [5, 5.41) is 1.18. The molecule has 0 aliphatic heterocycles. The first kappa shape index (κ1) is 9.56. The molecule has 0 fully saturated rings. The van der Waals surface area contributed by atoms with Crippen LogP contribution in [-0.4, -0.2) is 4.98 Å². The van der Waals surface area contributed by atoms with Crippen molar-refractivity contribution in [2.24, 2.45) is 0 Å². The molecular weight excluding hydrogens is 221 g/mol. The lowest BCUT2D eigenvalue weighted by Gasteiger charge is -1.99. The Morgan fingerprint density at radius 3 is 2.64 bits per heavy atom. The number of hydrogen-bond donors (Lipinski definition) is 0. The molecular formula is C10H7Cl2NO. The molecule has 1 aromatic heterocycles. The minimum Gasteiger partial charge on any atom is -0.449 e. The molecule has 2 rings (SSSR count). The molecule has 0 atom stereocenters. The lowest BCUT2D eigenvalue weighted by Crippen LogP contribution is -1.79. The third kappa shape index (κ3) is 1.76. The lowest BCUT2D eigenvalue weighted by atomic mass is 10.2. The van der Waals surface area contributed by atoms with Crippen LogP contribution in [0, 0.1) is 6.92 Å². The van der Waals surface area contributed by atoms with Crippen LogP contribution in [-0.2, 0) is 0 Å². The maximum atomic E-state index is 6.01. The minimum atomic E-state index is 0.575. The van der Waals surface area contributed by atoms with E-state index < -0.39 is 0 Å². The summed E-state index contributed by atoms with van der Waals surface area (Å²) in [6.45, 7) is 1.79. The Hall–Kier alpha value is -0.990. The van der Waals surface area contributed by atoms with Gasteiger partial charge in [0.2, 0.25) is 0 Å². The maximum absolute atomic E-state index is 6.01. The number of benzene rings is 1. The van der Waals surface area contributed by atoms with Crippen molar-refractivity contribution in [2.45, 2.75) is 6.92 Å². The van der Waals surface area contributed by atoms with Gasteiger partial charge in [0.15, 0.2) is 5.89 Å². The summed E-state index contributed by atoms with van der Waals surface area (Å²) < 4.78 is 5.10. The first-order valence-electron chi connectivity index (χ1n) is 4.04. The Morgan fingerprint density at radius 1 is 1.29 bits per heavy atom. The first-order chi connectivity index (χ1) is 6.66. The van der Waals surface area contributed by atoms with E-state index in [0.29, 0.717) is 15.9 Å². The van der Waals surface area contributed by atoms with Crippen molar-refractivity contribution in [1.82, 2.24) is 4.98 Å². The maximum Gasteiger partial charge on any atom is 0.191 e. The number of hydrogen-bond acceptors (Lipinski definition) is 2. The van der Waals surface area contributed by atoms with Crippen molar-refractivity contribution in [2.75, 3.05) is 0 Å². The Balaban J connectivity index is 2.52. The Kier molecular flexibility index (Phi) is 2.48. The fourth-order valence-corrected chi connectivity index (χ4v) is 1.69. The summed E-state index contributed by atoms with van der Waals surface area (Å²) in [7, 11) is 0. The van der Waals surface area contributed by atoms with E-state index in [1.165, 1.54) is 0 Å². The van der Waals surface area contributed by atoms with Crippen molar-refractivity contribution < 1.29 is 4.42 Å². The molecule has 0 aliphatic rings. The predicted octanol–water partition coefficient (Wildman–Crippen LogP) is 3.96. The van der Waals surface area contributed by atoms with E-state index in [0.717, 1.165) is 11.3 Å². The van der Waals surface area contributed by atoms with Crippen molar-refractivity contribution >= 4 is 23.2 Å². The number of aryl methyl sites for hydroxylation is 1. The second-order valence-corrected chi connectivity index (χ2v) is 3.72. The first-order valence-corrected chi connectivity index (χ1v) is 4.80. The normalized spacial score (nSPS) is 10.5. The average molecular weight is 228 g/mol. The topological polar surface area (TPSA) is 26.0 Å². The largest absolute Gasteiger partial charge is 0.449 e. The lowest BCUT2D eigenvalue weighted by molar-refractivity contribution is 0.521. The summed E-state index contributed by atoms with van der Waals surface area (Å²) in [5.41, 5.74) is 1.55. The highest BCUT2D eigenvalue weighted by molar-refractivity contribution is 6.36. The van der Waals surface area contributed by atoms with Crippen molar-refractivity contribution in [3.05, 3.63) is 40.4 Å². The minimum absolute atomic E-state index is 0.575. The Bertz CT molecular complexity index is 465. The molecule has 0 spiro atoms. The monoisotopic (exact) mass is 227 g/mol. The number of nitrogens with zero attached hydrogens (tertiary/aromatic N) is 1. The molecule has 2 aromatic rings. The number of halogens is 2. The van der Waals surface area contributed by atoms with E-state index in [9.17, 15) is 0 Å². The number of oxazole rings is 1. The molecule has 2 nitrogen and oxygen atoms in total. The molecule has 0 aliphatic carbocycles. The molecule has 0 saturated carbocycles. The van der Waals surface area contributed by atoms with Gasteiger partial charge in [-0.05, 0) is 18.2 Å². The van der Waals surface area contributed by atoms with Gasteiger partial charge in [-0.2, -0.15) is 0 Å². The van der Waals surface area contributed by atoms with Crippen LogP contribution in [0.2, 0.25) is 10.0 Å². The molecule has 72 valence electrons. The molecule has 0 unspecified atom stereocenters. The highest BCUT2D eigenvalue weighted by Gasteiger charge is 2.07. The molecule has 0 N–H and O–H groups in total. The number of rotatable bonds is 1. The van der Waals surface area contributed by atoms with Gasteiger partial charge in [0.1, 0.15) is 12.0 Å². The van der Waals surface area contributed by atoms with Crippen LogP contribution in [0.5, 0.6) is 0 Å². The SMILES string of the molecule is Cc1nc(-c2ccc(Cl)cc2Cl)co1. The third-order valence-electron chi connectivity index (χ3n) is 1.83. The van der Waals surface area contributed by atoms with Crippen molar-refractivity contribution in [1.29, 1.82) is 0 Å². The standard InChI is InChI=1S/C10H7Cl2NO/c1-6-13-10(5-14-6)8-3-2-7(11)4-9(8)12/h2-5H,1H3. The fraction of sp³-hybridized carbons (Fsp3) is 0.100. The predicted molar refractivity (Wildman–Crippen MR) is 56.7 cm³/mol. The second kappa shape index (κ2) is 3.64. The molecule has 0 amide bonds. The molecule has 4 heteroatoms. The summed E-state index contributed by atoms with van der Waals surface area (Å²) in [6, 6.07) is 5.28. The van der Waals surface area contributed by atoms with Gasteiger partial charge in [0.25, 0.3) is 0 Å².